The second-order valence-electron chi connectivity index (χ2n) is 8.87. The number of benzene rings is 1. The Kier molecular flexibility index (Phi) is 6.21. The summed E-state index contributed by atoms with van der Waals surface area (Å²) in [4.78, 5) is 36.2. The normalized spacial score (nSPS) is 19.3. The molecule has 3 aromatic rings. The van der Waals surface area contributed by atoms with E-state index in [-0.39, 0.29) is 28.9 Å². The molecule has 9 nitrogen and oxygen atoms in total. The molecule has 1 saturated heterocycles. The molecule has 1 aliphatic heterocycles. The minimum absolute atomic E-state index is 0.0201. The Hall–Kier alpha value is -3.79. The van der Waals surface area contributed by atoms with Gasteiger partial charge in [-0.1, -0.05) is 35.5 Å². The third kappa shape index (κ3) is 4.61. The first-order valence-electron chi connectivity index (χ1n) is 11.6. The van der Waals surface area contributed by atoms with Gasteiger partial charge in [0.1, 0.15) is 17.8 Å². The number of piperidine rings is 1. The third-order valence-electron chi connectivity index (χ3n) is 6.46. The van der Waals surface area contributed by atoms with Crippen molar-refractivity contribution in [2.45, 2.75) is 38.0 Å². The highest BCUT2D eigenvalue weighted by Gasteiger charge is 2.31. The second kappa shape index (κ2) is 9.46. The molecule has 2 fully saturated rings. The van der Waals surface area contributed by atoms with Crippen LogP contribution in [0.25, 0.3) is 11.0 Å². The smallest absolute Gasteiger partial charge is 0.341 e. The van der Waals surface area contributed by atoms with Gasteiger partial charge in [-0.25, -0.2) is 14.2 Å². The predicted octanol–water partition coefficient (Wildman–Crippen LogP) is 2.94. The number of anilines is 1. The highest BCUT2D eigenvalue weighted by molar-refractivity contribution is 5.95. The molecule has 0 bridgehead atoms. The van der Waals surface area contributed by atoms with Crippen molar-refractivity contribution in [1.82, 2.24) is 14.9 Å². The summed E-state index contributed by atoms with van der Waals surface area (Å²) in [7, 11) is 1.84. The molecule has 1 atom stereocenters. The minimum Gasteiger partial charge on any atom is -0.477 e. The van der Waals surface area contributed by atoms with Crippen molar-refractivity contribution in [1.29, 1.82) is 0 Å². The number of hydrogen-bond donors (Lipinski definition) is 2. The average Bonchev–Trinajstić information content (AvgIpc) is 3.70. The van der Waals surface area contributed by atoms with Crippen LogP contribution in [0.3, 0.4) is 0 Å². The Morgan fingerprint density at radius 2 is 2.06 bits per heavy atom. The van der Waals surface area contributed by atoms with Crippen LogP contribution in [0.1, 0.15) is 41.2 Å². The standard InChI is InChI=1S/C25H26FN5O4/c1-27-20-9-10-30(13-21(20)29-35-14-15-5-3-2-4-6-15)24-19(26)11-17-22(32)18(25(33)34)12-31(16-7-8-16)23(17)28-24/h2-6,11-12,16,20,27H,7-10,13-14H2,1H3,(H,33,34)/b29-21+. The molecule has 1 aliphatic carbocycles. The van der Waals surface area contributed by atoms with E-state index in [9.17, 15) is 14.7 Å². The molecular weight excluding hydrogens is 453 g/mol. The number of carboxylic acids is 1. The van der Waals surface area contributed by atoms with E-state index in [0.717, 1.165) is 30.2 Å². The van der Waals surface area contributed by atoms with Gasteiger partial charge in [-0.2, -0.15) is 0 Å². The Bertz CT molecular complexity index is 1350. The van der Waals surface area contributed by atoms with E-state index >= 15 is 4.39 Å². The van der Waals surface area contributed by atoms with Gasteiger partial charge in [-0.15, -0.1) is 0 Å². The number of fused-ring (bicyclic) bond motifs is 1. The molecule has 182 valence electrons. The van der Waals surface area contributed by atoms with Crippen molar-refractivity contribution in [3.8, 4) is 0 Å². The van der Waals surface area contributed by atoms with Gasteiger partial charge in [-0.3, -0.25) is 4.79 Å². The van der Waals surface area contributed by atoms with Crippen molar-refractivity contribution in [2.75, 3.05) is 25.0 Å². The fraction of sp³-hybridized carbons (Fsp3) is 0.360. The predicted molar refractivity (Wildman–Crippen MR) is 130 cm³/mol. The number of pyridine rings is 2. The first kappa shape index (κ1) is 23.0. The van der Waals surface area contributed by atoms with Crippen molar-refractivity contribution in [3.63, 3.8) is 0 Å². The van der Waals surface area contributed by atoms with Crippen LogP contribution in [0.5, 0.6) is 0 Å². The molecule has 2 aliphatic rings. The molecule has 0 spiro atoms. The molecule has 1 saturated carbocycles. The largest absolute Gasteiger partial charge is 0.477 e. The Labute approximate surface area is 200 Å². The van der Waals surface area contributed by atoms with E-state index < -0.39 is 17.2 Å². The summed E-state index contributed by atoms with van der Waals surface area (Å²) < 4.78 is 17.0. The minimum atomic E-state index is -1.33. The molecule has 10 heteroatoms. The van der Waals surface area contributed by atoms with Crippen LogP contribution >= 0.6 is 0 Å². The fourth-order valence-corrected chi connectivity index (χ4v) is 4.43. The Balaban J connectivity index is 1.47. The van der Waals surface area contributed by atoms with Crippen molar-refractivity contribution in [3.05, 3.63) is 69.8 Å². The number of nitrogens with one attached hydrogen (secondary N) is 1. The molecule has 1 unspecified atom stereocenters. The van der Waals surface area contributed by atoms with Gasteiger partial charge in [0.15, 0.2) is 11.6 Å². The zero-order chi connectivity index (χ0) is 24.5. The maximum atomic E-state index is 15.3. The lowest BCUT2D eigenvalue weighted by Crippen LogP contribution is -2.49. The van der Waals surface area contributed by atoms with Crippen LogP contribution in [0, 0.1) is 5.82 Å². The highest BCUT2D eigenvalue weighted by atomic mass is 19.1. The summed E-state index contributed by atoms with van der Waals surface area (Å²) in [5.41, 5.74) is 0.905. The third-order valence-corrected chi connectivity index (χ3v) is 6.46. The lowest BCUT2D eigenvalue weighted by molar-refractivity contribution is 0.0695. The summed E-state index contributed by atoms with van der Waals surface area (Å²) in [5.74, 6) is -1.90. The summed E-state index contributed by atoms with van der Waals surface area (Å²) in [6, 6.07) is 10.8. The maximum absolute atomic E-state index is 15.3. The Morgan fingerprint density at radius 1 is 1.29 bits per heavy atom. The lowest BCUT2D eigenvalue weighted by Gasteiger charge is -2.33. The van der Waals surface area contributed by atoms with E-state index in [2.05, 4.69) is 15.5 Å². The number of aromatic nitrogens is 2. The highest BCUT2D eigenvalue weighted by Crippen LogP contribution is 2.37. The molecule has 5 rings (SSSR count). The zero-order valence-corrected chi connectivity index (χ0v) is 19.3. The lowest BCUT2D eigenvalue weighted by atomic mass is 10.0. The summed E-state index contributed by atoms with van der Waals surface area (Å²) in [6.45, 7) is 1.15. The van der Waals surface area contributed by atoms with Crippen LogP contribution < -0.4 is 15.6 Å². The molecule has 3 heterocycles. The topological polar surface area (TPSA) is 109 Å². The van der Waals surface area contributed by atoms with Gasteiger partial charge in [0.05, 0.1) is 23.7 Å². The van der Waals surface area contributed by atoms with Gasteiger partial charge in [0.2, 0.25) is 5.43 Å². The van der Waals surface area contributed by atoms with Gasteiger partial charge < -0.3 is 24.7 Å². The quantitative estimate of drug-likeness (QED) is 0.502. The van der Waals surface area contributed by atoms with Gasteiger partial charge in [0, 0.05) is 18.8 Å². The van der Waals surface area contributed by atoms with Crippen LogP contribution in [0.2, 0.25) is 0 Å². The first-order chi connectivity index (χ1) is 17.0. The van der Waals surface area contributed by atoms with Gasteiger partial charge in [-0.05, 0) is 37.9 Å². The van der Waals surface area contributed by atoms with E-state index in [1.165, 1.54) is 6.20 Å². The number of carboxylic acid groups (broad SMARTS) is 1. The molecule has 0 amide bonds. The van der Waals surface area contributed by atoms with Crippen LogP contribution in [0.4, 0.5) is 10.2 Å². The maximum Gasteiger partial charge on any atom is 0.341 e. The van der Waals surface area contributed by atoms with E-state index in [1.807, 2.05) is 37.4 Å². The van der Waals surface area contributed by atoms with Gasteiger partial charge >= 0.3 is 5.97 Å². The number of aromatic carboxylic acids is 1. The average molecular weight is 480 g/mol. The number of nitrogens with zero attached hydrogens (tertiary/aromatic N) is 4. The van der Waals surface area contributed by atoms with E-state index in [1.54, 1.807) is 9.47 Å². The second-order valence-corrected chi connectivity index (χ2v) is 8.87. The van der Waals surface area contributed by atoms with Crippen LogP contribution in [-0.4, -0.2) is 52.5 Å². The number of rotatable bonds is 7. The van der Waals surface area contributed by atoms with Crippen LogP contribution in [0.15, 0.2) is 52.5 Å². The number of hydrogen-bond acceptors (Lipinski definition) is 7. The van der Waals surface area contributed by atoms with E-state index in [4.69, 9.17) is 4.84 Å². The number of oxime groups is 1. The SMILES string of the molecule is CNC1CCN(c2nc3c(cc2F)c(=O)c(C(=O)O)cn3C2CC2)C/C1=N\OCc1ccccc1. The Morgan fingerprint density at radius 3 is 2.74 bits per heavy atom. The fourth-order valence-electron chi connectivity index (χ4n) is 4.43. The summed E-state index contributed by atoms with van der Waals surface area (Å²) >= 11 is 0. The number of halogens is 1. The van der Waals surface area contributed by atoms with Crippen molar-refractivity contribution >= 4 is 28.5 Å². The van der Waals surface area contributed by atoms with Gasteiger partial charge in [0.25, 0.3) is 0 Å². The monoisotopic (exact) mass is 479 g/mol. The van der Waals surface area contributed by atoms with E-state index in [0.29, 0.717) is 31.8 Å². The first-order valence-corrected chi connectivity index (χ1v) is 11.6. The molecular formula is C25H26FN5O4. The molecule has 35 heavy (non-hydrogen) atoms. The molecule has 2 N–H and O–H groups in total. The molecule has 0 radical (unpaired) electrons. The van der Waals surface area contributed by atoms with Crippen molar-refractivity contribution < 1.29 is 19.1 Å². The molecule has 1 aromatic carbocycles. The van der Waals surface area contributed by atoms with Crippen molar-refractivity contribution in [2.24, 2.45) is 5.16 Å². The zero-order valence-electron chi connectivity index (χ0n) is 19.3. The molecule has 2 aromatic heterocycles. The summed E-state index contributed by atoms with van der Waals surface area (Å²) in [6.07, 6.45) is 3.70. The van der Waals surface area contributed by atoms with Crippen LogP contribution in [-0.2, 0) is 11.4 Å². The summed E-state index contributed by atoms with van der Waals surface area (Å²) in [5, 5.41) is 17.0. The number of carbonyl (C=O) groups is 1.